The molecule has 0 atom stereocenters. The minimum Gasteiger partial charge on any atom is -0.497 e. The molecule has 27 heavy (non-hydrogen) atoms. The van der Waals surface area contributed by atoms with E-state index in [0.29, 0.717) is 34.5 Å². The highest BCUT2D eigenvalue weighted by Crippen LogP contribution is 2.34. The Morgan fingerprint density at radius 2 is 1.52 bits per heavy atom. The molecule has 1 aromatic heterocycles. The molecule has 0 saturated heterocycles. The molecule has 0 aliphatic carbocycles. The van der Waals surface area contributed by atoms with Crippen molar-refractivity contribution < 1.29 is 14.2 Å². The fraction of sp³-hybridized carbons (Fsp3) is 0.158. The Labute approximate surface area is 157 Å². The van der Waals surface area contributed by atoms with Crippen LogP contribution in [0, 0.1) is 0 Å². The van der Waals surface area contributed by atoms with Crippen molar-refractivity contribution in [1.29, 1.82) is 0 Å². The molecule has 0 amide bonds. The minimum atomic E-state index is 0.366. The van der Waals surface area contributed by atoms with Gasteiger partial charge in [0.25, 0.3) is 0 Å². The maximum absolute atomic E-state index is 6.26. The van der Waals surface area contributed by atoms with E-state index in [-0.39, 0.29) is 0 Å². The zero-order chi connectivity index (χ0) is 19.2. The minimum absolute atomic E-state index is 0.366. The molecule has 0 saturated carbocycles. The Hall–Kier alpha value is -3.68. The van der Waals surface area contributed by atoms with E-state index in [2.05, 4.69) is 20.6 Å². The first-order chi connectivity index (χ1) is 13.1. The number of methoxy groups -OCH3 is 3. The van der Waals surface area contributed by atoms with Crippen molar-refractivity contribution in [3.05, 3.63) is 48.8 Å². The third-order valence-electron chi connectivity index (χ3n) is 3.88. The molecule has 0 radical (unpaired) electrons. The van der Waals surface area contributed by atoms with Crippen molar-refractivity contribution in [1.82, 2.24) is 9.97 Å². The van der Waals surface area contributed by atoms with Gasteiger partial charge in [0, 0.05) is 17.8 Å². The number of rotatable bonds is 7. The van der Waals surface area contributed by atoms with Gasteiger partial charge in [-0.15, -0.1) is 0 Å². The van der Waals surface area contributed by atoms with Gasteiger partial charge in [-0.25, -0.2) is 9.97 Å². The van der Waals surface area contributed by atoms with E-state index < -0.39 is 0 Å². The number of ether oxygens (including phenoxy) is 3. The summed E-state index contributed by atoms with van der Waals surface area (Å²) in [6.45, 7) is 0. The van der Waals surface area contributed by atoms with Gasteiger partial charge in [-0.05, 0) is 24.3 Å². The molecule has 0 bridgehead atoms. The van der Waals surface area contributed by atoms with Crippen molar-refractivity contribution in [2.24, 2.45) is 0 Å². The normalized spacial score (nSPS) is 10.2. The maximum atomic E-state index is 6.26. The smallest absolute Gasteiger partial charge is 0.159 e. The summed E-state index contributed by atoms with van der Waals surface area (Å²) in [7, 11) is 4.80. The van der Waals surface area contributed by atoms with Gasteiger partial charge in [0.05, 0.1) is 27.0 Å². The van der Waals surface area contributed by atoms with Crippen LogP contribution < -0.4 is 30.6 Å². The second-order valence-electron chi connectivity index (χ2n) is 5.53. The summed E-state index contributed by atoms with van der Waals surface area (Å²) < 4.78 is 15.9. The number of anilines is 5. The van der Waals surface area contributed by atoms with E-state index in [4.69, 9.17) is 19.9 Å². The van der Waals surface area contributed by atoms with Gasteiger partial charge in [0.15, 0.2) is 11.6 Å². The summed E-state index contributed by atoms with van der Waals surface area (Å²) in [6, 6.07) is 12.9. The highest BCUT2D eigenvalue weighted by molar-refractivity contribution is 5.81. The monoisotopic (exact) mass is 367 g/mol. The van der Waals surface area contributed by atoms with Gasteiger partial charge >= 0.3 is 0 Å². The van der Waals surface area contributed by atoms with Crippen LogP contribution in [-0.4, -0.2) is 31.3 Å². The molecule has 3 rings (SSSR count). The Morgan fingerprint density at radius 3 is 2.22 bits per heavy atom. The topological polar surface area (TPSA) is 104 Å². The molecule has 2 aromatic carbocycles. The highest BCUT2D eigenvalue weighted by atomic mass is 16.5. The summed E-state index contributed by atoms with van der Waals surface area (Å²) in [5.41, 5.74) is 8.10. The van der Waals surface area contributed by atoms with Crippen LogP contribution in [0.25, 0.3) is 0 Å². The first-order valence-electron chi connectivity index (χ1n) is 8.15. The second kappa shape index (κ2) is 8.13. The first-order valence-corrected chi connectivity index (χ1v) is 8.15. The third kappa shape index (κ3) is 4.12. The number of benzene rings is 2. The van der Waals surface area contributed by atoms with Gasteiger partial charge in [0.2, 0.25) is 0 Å². The van der Waals surface area contributed by atoms with E-state index in [1.165, 1.54) is 6.33 Å². The lowest BCUT2D eigenvalue weighted by Gasteiger charge is -2.15. The Morgan fingerprint density at radius 1 is 0.815 bits per heavy atom. The number of nitrogen functional groups attached to an aromatic ring is 1. The fourth-order valence-electron chi connectivity index (χ4n) is 2.47. The van der Waals surface area contributed by atoms with E-state index in [0.717, 1.165) is 11.4 Å². The zero-order valence-electron chi connectivity index (χ0n) is 15.3. The van der Waals surface area contributed by atoms with Crippen molar-refractivity contribution in [3.8, 4) is 17.2 Å². The lowest BCUT2D eigenvalue weighted by molar-refractivity contribution is 0.405. The number of nitrogens with two attached hydrogens (primary N) is 1. The van der Waals surface area contributed by atoms with Gasteiger partial charge in [-0.1, -0.05) is 6.07 Å². The summed E-state index contributed by atoms with van der Waals surface area (Å²) in [4.78, 5) is 8.46. The average molecular weight is 367 g/mol. The van der Waals surface area contributed by atoms with Gasteiger partial charge in [-0.2, -0.15) is 0 Å². The van der Waals surface area contributed by atoms with Gasteiger partial charge < -0.3 is 30.6 Å². The van der Waals surface area contributed by atoms with E-state index >= 15 is 0 Å². The van der Waals surface area contributed by atoms with E-state index in [1.807, 2.05) is 30.3 Å². The largest absolute Gasteiger partial charge is 0.497 e. The SMILES string of the molecule is COc1cccc(Nc2ncnc(Nc3cc(OC)ccc3OC)c2N)c1. The quantitative estimate of drug-likeness (QED) is 0.582. The molecule has 0 fully saturated rings. The van der Waals surface area contributed by atoms with Crippen LogP contribution in [0.2, 0.25) is 0 Å². The van der Waals surface area contributed by atoms with Crippen molar-refractivity contribution in [3.63, 3.8) is 0 Å². The predicted molar refractivity (Wildman–Crippen MR) is 106 cm³/mol. The van der Waals surface area contributed by atoms with Gasteiger partial charge in [0.1, 0.15) is 29.3 Å². The molecular formula is C19H21N5O3. The van der Waals surface area contributed by atoms with Crippen LogP contribution in [0.4, 0.5) is 28.7 Å². The molecule has 8 heteroatoms. The third-order valence-corrected chi connectivity index (χ3v) is 3.88. The maximum Gasteiger partial charge on any atom is 0.159 e. The van der Waals surface area contributed by atoms with Crippen LogP contribution in [0.3, 0.4) is 0 Å². The standard InChI is InChI=1S/C19H21N5O3/c1-25-13-6-4-5-12(9-13)23-18-17(20)19(22-11-21-18)24-15-10-14(26-2)7-8-16(15)27-3/h4-11H,20H2,1-3H3,(H2,21,22,23,24). The molecule has 4 N–H and O–H groups in total. The van der Waals surface area contributed by atoms with E-state index in [1.54, 1.807) is 33.5 Å². The number of hydrogen-bond acceptors (Lipinski definition) is 8. The molecule has 0 spiro atoms. The summed E-state index contributed by atoms with van der Waals surface area (Å²) >= 11 is 0. The summed E-state index contributed by atoms with van der Waals surface area (Å²) in [6.07, 6.45) is 1.42. The Balaban J connectivity index is 1.89. The lowest BCUT2D eigenvalue weighted by atomic mass is 10.2. The molecule has 1 heterocycles. The molecule has 8 nitrogen and oxygen atoms in total. The lowest BCUT2D eigenvalue weighted by Crippen LogP contribution is -2.06. The van der Waals surface area contributed by atoms with Gasteiger partial charge in [-0.3, -0.25) is 0 Å². The van der Waals surface area contributed by atoms with Crippen molar-refractivity contribution in [2.75, 3.05) is 37.7 Å². The number of nitrogens with one attached hydrogen (secondary N) is 2. The van der Waals surface area contributed by atoms with Crippen LogP contribution in [-0.2, 0) is 0 Å². The number of aromatic nitrogens is 2. The molecular weight excluding hydrogens is 346 g/mol. The highest BCUT2D eigenvalue weighted by Gasteiger charge is 2.12. The van der Waals surface area contributed by atoms with E-state index in [9.17, 15) is 0 Å². The molecule has 0 aliphatic heterocycles. The fourth-order valence-corrected chi connectivity index (χ4v) is 2.47. The predicted octanol–water partition coefficient (Wildman–Crippen LogP) is 3.57. The second-order valence-corrected chi connectivity index (χ2v) is 5.53. The summed E-state index contributed by atoms with van der Waals surface area (Å²) in [5.74, 6) is 2.97. The number of nitrogens with zero attached hydrogens (tertiary/aromatic N) is 2. The van der Waals surface area contributed by atoms with Crippen molar-refractivity contribution in [2.45, 2.75) is 0 Å². The van der Waals surface area contributed by atoms with Crippen LogP contribution in [0.1, 0.15) is 0 Å². The molecule has 140 valence electrons. The number of hydrogen-bond donors (Lipinski definition) is 3. The molecule has 0 unspecified atom stereocenters. The zero-order valence-corrected chi connectivity index (χ0v) is 15.3. The van der Waals surface area contributed by atoms with Crippen LogP contribution >= 0.6 is 0 Å². The summed E-state index contributed by atoms with van der Waals surface area (Å²) in [5, 5.41) is 6.34. The van der Waals surface area contributed by atoms with Crippen LogP contribution in [0.5, 0.6) is 17.2 Å². The molecule has 0 aliphatic rings. The van der Waals surface area contributed by atoms with Crippen molar-refractivity contribution >= 4 is 28.7 Å². The molecule has 3 aromatic rings. The first kappa shape index (κ1) is 18.1. The van der Waals surface area contributed by atoms with Crippen LogP contribution in [0.15, 0.2) is 48.8 Å². The Kier molecular flexibility index (Phi) is 5.46. The Bertz CT molecular complexity index is 933. The average Bonchev–Trinajstić information content (AvgIpc) is 2.71.